The zero-order valence-corrected chi connectivity index (χ0v) is 17.9. The average molecular weight is 412 g/mol. The van der Waals surface area contributed by atoms with Crippen LogP contribution < -0.4 is 5.32 Å². The van der Waals surface area contributed by atoms with Gasteiger partial charge in [0.2, 0.25) is 0 Å². The third kappa shape index (κ3) is 4.09. The summed E-state index contributed by atoms with van der Waals surface area (Å²) in [6, 6.07) is 3.98. The standard InChI is InChI=1S/C21H25N5O2S/c1-12(11-28-4)24-20(27)17-10-23-26(19(17)15-5-6-15)21-22-8-7-18(25-21)16-9-13(2)29-14(16)3/h7-10,12,15H,5-6,11H2,1-4H3,(H,24,27)/t12-/m0/s1. The van der Waals surface area contributed by atoms with Crippen molar-refractivity contribution < 1.29 is 9.53 Å². The smallest absolute Gasteiger partial charge is 0.255 e. The summed E-state index contributed by atoms with van der Waals surface area (Å²) in [4.78, 5) is 24.5. The summed E-state index contributed by atoms with van der Waals surface area (Å²) in [7, 11) is 1.62. The molecule has 1 atom stereocenters. The van der Waals surface area contributed by atoms with Crippen LogP contribution in [0.15, 0.2) is 24.5 Å². The van der Waals surface area contributed by atoms with Gasteiger partial charge in [-0.25, -0.2) is 14.6 Å². The highest BCUT2D eigenvalue weighted by atomic mass is 32.1. The molecule has 8 heteroatoms. The molecular weight excluding hydrogens is 386 g/mol. The van der Waals surface area contributed by atoms with Crippen LogP contribution in [0.4, 0.5) is 0 Å². The van der Waals surface area contributed by atoms with Crippen LogP contribution in [0.25, 0.3) is 17.2 Å². The van der Waals surface area contributed by atoms with Gasteiger partial charge >= 0.3 is 0 Å². The number of aryl methyl sites for hydroxylation is 2. The molecule has 152 valence electrons. The van der Waals surface area contributed by atoms with Gasteiger partial charge in [0.1, 0.15) is 0 Å². The van der Waals surface area contributed by atoms with Crippen molar-refractivity contribution in [3.05, 3.63) is 45.5 Å². The van der Waals surface area contributed by atoms with E-state index in [0.29, 0.717) is 24.0 Å². The third-order valence-electron chi connectivity index (χ3n) is 4.96. The fraction of sp³-hybridized carbons (Fsp3) is 0.429. The zero-order chi connectivity index (χ0) is 20.5. The van der Waals surface area contributed by atoms with E-state index in [4.69, 9.17) is 9.72 Å². The molecule has 0 saturated heterocycles. The van der Waals surface area contributed by atoms with Crippen molar-refractivity contribution in [3.63, 3.8) is 0 Å². The molecule has 4 rings (SSSR count). The second-order valence-electron chi connectivity index (χ2n) is 7.53. The van der Waals surface area contributed by atoms with E-state index in [9.17, 15) is 4.79 Å². The second-order valence-corrected chi connectivity index (χ2v) is 8.99. The molecule has 3 aromatic rings. The molecule has 1 N–H and O–H groups in total. The lowest BCUT2D eigenvalue weighted by Crippen LogP contribution is -2.36. The highest BCUT2D eigenvalue weighted by Crippen LogP contribution is 2.42. The second kappa shape index (κ2) is 8.04. The maximum Gasteiger partial charge on any atom is 0.255 e. The Bertz CT molecular complexity index is 1040. The van der Waals surface area contributed by atoms with Crippen molar-refractivity contribution in [2.45, 2.75) is 45.6 Å². The SMILES string of the molecule is COC[C@H](C)NC(=O)c1cnn(-c2nccc(-c3cc(C)sc3C)n2)c1C1CC1. The van der Waals surface area contributed by atoms with E-state index >= 15 is 0 Å². The van der Waals surface area contributed by atoms with Crippen molar-refractivity contribution in [3.8, 4) is 17.2 Å². The fourth-order valence-corrected chi connectivity index (χ4v) is 4.45. The monoisotopic (exact) mass is 411 g/mol. The van der Waals surface area contributed by atoms with Gasteiger partial charge in [-0.05, 0) is 45.7 Å². The third-order valence-corrected chi connectivity index (χ3v) is 5.92. The number of aromatic nitrogens is 4. The Balaban J connectivity index is 1.69. The Hall–Kier alpha value is -2.58. The van der Waals surface area contributed by atoms with Crippen molar-refractivity contribution in [1.29, 1.82) is 0 Å². The number of thiophene rings is 1. The molecule has 1 aliphatic rings. The summed E-state index contributed by atoms with van der Waals surface area (Å²) in [5.74, 6) is 0.674. The van der Waals surface area contributed by atoms with Crippen LogP contribution >= 0.6 is 11.3 Å². The maximum atomic E-state index is 12.8. The molecule has 0 aromatic carbocycles. The van der Waals surface area contributed by atoms with Crippen LogP contribution in [0, 0.1) is 13.8 Å². The quantitative estimate of drug-likeness (QED) is 0.642. The van der Waals surface area contributed by atoms with Gasteiger partial charge in [0.15, 0.2) is 0 Å². The van der Waals surface area contributed by atoms with Crippen molar-refractivity contribution in [1.82, 2.24) is 25.1 Å². The number of nitrogens with one attached hydrogen (secondary N) is 1. The molecule has 1 fully saturated rings. The number of hydrogen-bond donors (Lipinski definition) is 1. The van der Waals surface area contributed by atoms with E-state index in [1.807, 2.05) is 13.0 Å². The number of hydrogen-bond acceptors (Lipinski definition) is 6. The van der Waals surface area contributed by atoms with Crippen LogP contribution in [-0.2, 0) is 4.74 Å². The van der Waals surface area contributed by atoms with Crippen LogP contribution in [0.2, 0.25) is 0 Å². The summed E-state index contributed by atoms with van der Waals surface area (Å²) < 4.78 is 6.84. The Labute approximate surface area is 174 Å². The minimum Gasteiger partial charge on any atom is -0.383 e. The summed E-state index contributed by atoms with van der Waals surface area (Å²) in [6.07, 6.45) is 5.46. The summed E-state index contributed by atoms with van der Waals surface area (Å²) in [5.41, 5.74) is 3.46. The topological polar surface area (TPSA) is 81.9 Å². The van der Waals surface area contributed by atoms with E-state index in [1.54, 1.807) is 35.5 Å². The van der Waals surface area contributed by atoms with Crippen LogP contribution in [0.5, 0.6) is 0 Å². The minimum atomic E-state index is -0.136. The Morgan fingerprint density at radius 3 is 2.86 bits per heavy atom. The molecule has 0 spiro atoms. The molecule has 1 aliphatic carbocycles. The van der Waals surface area contributed by atoms with Gasteiger partial charge in [-0.2, -0.15) is 5.10 Å². The number of amides is 1. The highest BCUT2D eigenvalue weighted by molar-refractivity contribution is 7.12. The lowest BCUT2D eigenvalue weighted by molar-refractivity contribution is 0.0904. The van der Waals surface area contributed by atoms with Crippen molar-refractivity contribution in [2.24, 2.45) is 0 Å². The molecule has 3 heterocycles. The molecule has 1 saturated carbocycles. The highest BCUT2D eigenvalue weighted by Gasteiger charge is 2.33. The van der Waals surface area contributed by atoms with E-state index < -0.39 is 0 Å². The molecule has 0 radical (unpaired) electrons. The van der Waals surface area contributed by atoms with Gasteiger partial charge in [-0.15, -0.1) is 11.3 Å². The number of ether oxygens (including phenoxy) is 1. The molecular formula is C21H25N5O2S. The molecule has 0 unspecified atom stereocenters. The van der Waals surface area contributed by atoms with Gasteiger partial charge in [0.05, 0.1) is 29.8 Å². The van der Waals surface area contributed by atoms with E-state index in [-0.39, 0.29) is 11.9 Å². The number of carbonyl (C=O) groups is 1. The predicted molar refractivity (Wildman–Crippen MR) is 113 cm³/mol. The van der Waals surface area contributed by atoms with Gasteiger partial charge in [-0.1, -0.05) is 0 Å². The van der Waals surface area contributed by atoms with Crippen LogP contribution in [0.1, 0.15) is 51.5 Å². The number of methoxy groups -OCH3 is 1. The van der Waals surface area contributed by atoms with Gasteiger partial charge < -0.3 is 10.1 Å². The van der Waals surface area contributed by atoms with Gasteiger partial charge in [0, 0.05) is 40.6 Å². The van der Waals surface area contributed by atoms with Crippen LogP contribution in [-0.4, -0.2) is 45.4 Å². The molecule has 3 aromatic heterocycles. The molecule has 29 heavy (non-hydrogen) atoms. The van der Waals surface area contributed by atoms with Crippen molar-refractivity contribution >= 4 is 17.2 Å². The number of rotatable bonds is 7. The number of carbonyl (C=O) groups excluding carboxylic acids is 1. The summed E-state index contributed by atoms with van der Waals surface area (Å²) in [6.45, 7) is 6.57. The average Bonchev–Trinajstić information content (AvgIpc) is 3.33. The van der Waals surface area contributed by atoms with E-state index in [2.05, 4.69) is 35.3 Å². The molecule has 0 aliphatic heterocycles. The Kier molecular flexibility index (Phi) is 5.47. The summed E-state index contributed by atoms with van der Waals surface area (Å²) in [5, 5.41) is 7.46. The largest absolute Gasteiger partial charge is 0.383 e. The summed E-state index contributed by atoms with van der Waals surface area (Å²) >= 11 is 1.76. The van der Waals surface area contributed by atoms with Crippen LogP contribution in [0.3, 0.4) is 0 Å². The maximum absolute atomic E-state index is 12.8. The normalized spacial score (nSPS) is 14.8. The molecule has 7 nitrogen and oxygen atoms in total. The fourth-order valence-electron chi connectivity index (χ4n) is 3.52. The van der Waals surface area contributed by atoms with Gasteiger partial charge in [0.25, 0.3) is 11.9 Å². The first-order chi connectivity index (χ1) is 14.0. The van der Waals surface area contributed by atoms with Crippen molar-refractivity contribution in [2.75, 3.05) is 13.7 Å². The minimum absolute atomic E-state index is 0.0766. The van der Waals surface area contributed by atoms with E-state index in [1.165, 1.54) is 9.75 Å². The lowest BCUT2D eigenvalue weighted by Gasteiger charge is -2.13. The predicted octanol–water partition coefficient (Wildman–Crippen LogP) is 3.65. The first-order valence-corrected chi connectivity index (χ1v) is 10.6. The first-order valence-electron chi connectivity index (χ1n) is 9.76. The molecule has 1 amide bonds. The first kappa shape index (κ1) is 19.7. The Morgan fingerprint density at radius 2 is 2.21 bits per heavy atom. The Morgan fingerprint density at radius 1 is 1.41 bits per heavy atom. The number of nitrogens with zero attached hydrogens (tertiary/aromatic N) is 4. The zero-order valence-electron chi connectivity index (χ0n) is 17.1. The van der Waals surface area contributed by atoms with Gasteiger partial charge in [-0.3, -0.25) is 4.79 Å². The van der Waals surface area contributed by atoms with E-state index in [0.717, 1.165) is 29.8 Å². The lowest BCUT2D eigenvalue weighted by atomic mass is 10.1. The molecule has 0 bridgehead atoms.